The maximum atomic E-state index is 11.2. The molecule has 104 valence electrons. The normalized spacial score (nSPS) is 11.4. The lowest BCUT2D eigenvalue weighted by Crippen LogP contribution is -2.02. The summed E-state index contributed by atoms with van der Waals surface area (Å²) < 4.78 is 0. The van der Waals surface area contributed by atoms with Crippen LogP contribution in [0.25, 0.3) is 16.7 Å². The van der Waals surface area contributed by atoms with Crippen LogP contribution in [0.5, 0.6) is 0 Å². The van der Waals surface area contributed by atoms with Crippen LogP contribution in [0, 0.1) is 11.3 Å². The summed E-state index contributed by atoms with van der Waals surface area (Å²) in [6.07, 6.45) is 0.493. The maximum Gasteiger partial charge on any atom is 0.346 e. The summed E-state index contributed by atoms with van der Waals surface area (Å²) in [5, 5.41) is 18.2. The summed E-state index contributed by atoms with van der Waals surface area (Å²) in [7, 11) is 0. The second-order valence-electron chi connectivity index (χ2n) is 4.57. The van der Waals surface area contributed by atoms with E-state index in [0.29, 0.717) is 12.0 Å². The molecular formula is C18H15NO2. The smallest absolute Gasteiger partial charge is 0.346 e. The third-order valence-electron chi connectivity index (χ3n) is 3.30. The maximum absolute atomic E-state index is 11.2. The third kappa shape index (κ3) is 3.18. The summed E-state index contributed by atoms with van der Waals surface area (Å²) in [6, 6.07) is 19.3. The standard InChI is InChI=1S/C18H15NO2/c1-2-16(17(12-19)18(20)21)15-10-6-9-14(11-15)13-7-4-3-5-8-13/h3-11H,2H2,1H3,(H,20,21)/b17-16+. The Morgan fingerprint density at radius 1 is 1.10 bits per heavy atom. The Kier molecular flexibility index (Phi) is 4.53. The highest BCUT2D eigenvalue weighted by atomic mass is 16.4. The van der Waals surface area contributed by atoms with Crippen molar-refractivity contribution in [2.45, 2.75) is 13.3 Å². The van der Waals surface area contributed by atoms with E-state index in [1.165, 1.54) is 0 Å². The molecule has 0 spiro atoms. The molecule has 0 heterocycles. The molecular weight excluding hydrogens is 262 g/mol. The van der Waals surface area contributed by atoms with E-state index in [-0.39, 0.29) is 5.57 Å². The molecule has 0 saturated heterocycles. The Hall–Kier alpha value is -2.86. The molecule has 0 saturated carbocycles. The highest BCUT2D eigenvalue weighted by Crippen LogP contribution is 2.27. The molecule has 0 aliphatic heterocycles. The van der Waals surface area contributed by atoms with E-state index >= 15 is 0 Å². The molecule has 0 amide bonds. The SMILES string of the molecule is CC/C(=C(/C#N)C(=O)O)c1cccc(-c2ccccc2)c1. The van der Waals surface area contributed by atoms with E-state index in [1.54, 1.807) is 6.07 Å². The number of carbonyl (C=O) groups is 1. The number of rotatable bonds is 4. The van der Waals surface area contributed by atoms with Gasteiger partial charge in [-0.15, -0.1) is 0 Å². The van der Waals surface area contributed by atoms with Gasteiger partial charge in [-0.1, -0.05) is 55.5 Å². The fourth-order valence-electron chi connectivity index (χ4n) is 2.29. The van der Waals surface area contributed by atoms with E-state index in [4.69, 9.17) is 10.4 Å². The molecule has 0 aliphatic carbocycles. The Morgan fingerprint density at radius 2 is 1.76 bits per heavy atom. The lowest BCUT2D eigenvalue weighted by molar-refractivity contribution is -0.132. The lowest BCUT2D eigenvalue weighted by atomic mass is 9.94. The van der Waals surface area contributed by atoms with Crippen LogP contribution < -0.4 is 0 Å². The predicted molar refractivity (Wildman–Crippen MR) is 82.3 cm³/mol. The summed E-state index contributed by atoms with van der Waals surface area (Å²) in [6.45, 7) is 1.85. The number of benzene rings is 2. The first-order chi connectivity index (χ1) is 10.2. The predicted octanol–water partition coefficient (Wildman–Crippen LogP) is 4.13. The molecule has 0 unspecified atom stereocenters. The number of nitrogens with zero attached hydrogens (tertiary/aromatic N) is 1. The molecule has 2 aromatic carbocycles. The quantitative estimate of drug-likeness (QED) is 0.675. The Bertz CT molecular complexity index is 724. The molecule has 0 bridgehead atoms. The summed E-state index contributed by atoms with van der Waals surface area (Å²) in [4.78, 5) is 11.2. The average molecular weight is 277 g/mol. The van der Waals surface area contributed by atoms with Crippen LogP contribution in [0.3, 0.4) is 0 Å². The summed E-state index contributed by atoms with van der Waals surface area (Å²) in [5.41, 5.74) is 3.20. The van der Waals surface area contributed by atoms with Crippen molar-refractivity contribution in [3.05, 3.63) is 65.7 Å². The van der Waals surface area contributed by atoms with Crippen LogP contribution in [0.2, 0.25) is 0 Å². The van der Waals surface area contributed by atoms with E-state index in [0.717, 1.165) is 16.7 Å². The van der Waals surface area contributed by atoms with Crippen LogP contribution in [-0.2, 0) is 4.79 Å². The molecule has 0 atom stereocenters. The van der Waals surface area contributed by atoms with Gasteiger partial charge in [-0.25, -0.2) is 4.79 Å². The van der Waals surface area contributed by atoms with E-state index < -0.39 is 5.97 Å². The third-order valence-corrected chi connectivity index (χ3v) is 3.30. The first kappa shape index (κ1) is 14.5. The van der Waals surface area contributed by atoms with E-state index in [9.17, 15) is 4.79 Å². The van der Waals surface area contributed by atoms with Gasteiger partial charge < -0.3 is 5.11 Å². The van der Waals surface area contributed by atoms with Crippen molar-refractivity contribution < 1.29 is 9.90 Å². The number of aliphatic carboxylic acids is 1. The van der Waals surface area contributed by atoms with Crippen molar-refractivity contribution >= 4 is 11.5 Å². The van der Waals surface area contributed by atoms with Crippen molar-refractivity contribution in [3.63, 3.8) is 0 Å². The van der Waals surface area contributed by atoms with E-state index in [2.05, 4.69) is 0 Å². The fourth-order valence-corrected chi connectivity index (χ4v) is 2.29. The number of hydrogen-bond donors (Lipinski definition) is 1. The molecule has 0 aromatic heterocycles. The zero-order valence-corrected chi connectivity index (χ0v) is 11.7. The van der Waals surface area contributed by atoms with Gasteiger partial charge in [-0.2, -0.15) is 5.26 Å². The Morgan fingerprint density at radius 3 is 2.33 bits per heavy atom. The van der Waals surface area contributed by atoms with Crippen LogP contribution in [0.4, 0.5) is 0 Å². The van der Waals surface area contributed by atoms with Crippen LogP contribution >= 0.6 is 0 Å². The van der Waals surface area contributed by atoms with Crippen molar-refractivity contribution in [1.82, 2.24) is 0 Å². The fraction of sp³-hybridized carbons (Fsp3) is 0.111. The number of hydrogen-bond acceptors (Lipinski definition) is 2. The molecule has 0 fully saturated rings. The molecule has 1 N–H and O–H groups in total. The first-order valence-electron chi connectivity index (χ1n) is 6.69. The highest BCUT2D eigenvalue weighted by Gasteiger charge is 2.14. The minimum atomic E-state index is -1.18. The van der Waals surface area contributed by atoms with Gasteiger partial charge in [0.1, 0.15) is 11.6 Å². The second-order valence-corrected chi connectivity index (χ2v) is 4.57. The van der Waals surface area contributed by atoms with Gasteiger partial charge in [0.05, 0.1) is 0 Å². The van der Waals surface area contributed by atoms with Gasteiger partial charge >= 0.3 is 5.97 Å². The van der Waals surface area contributed by atoms with E-state index in [1.807, 2.05) is 61.5 Å². The van der Waals surface area contributed by atoms with Gasteiger partial charge in [0.15, 0.2) is 0 Å². The Balaban J connectivity index is 2.56. The topological polar surface area (TPSA) is 61.1 Å². The van der Waals surface area contributed by atoms with Crippen LogP contribution in [-0.4, -0.2) is 11.1 Å². The van der Waals surface area contributed by atoms with Crippen molar-refractivity contribution in [3.8, 4) is 17.2 Å². The van der Waals surface area contributed by atoms with Gasteiger partial charge in [0.25, 0.3) is 0 Å². The zero-order chi connectivity index (χ0) is 15.2. The first-order valence-corrected chi connectivity index (χ1v) is 6.69. The monoisotopic (exact) mass is 277 g/mol. The Labute approximate surface area is 123 Å². The molecule has 0 radical (unpaired) electrons. The minimum Gasteiger partial charge on any atom is -0.477 e. The van der Waals surface area contributed by atoms with Gasteiger partial charge in [-0.05, 0) is 34.8 Å². The van der Waals surface area contributed by atoms with Crippen LogP contribution in [0.15, 0.2) is 60.2 Å². The number of carboxylic acid groups (broad SMARTS) is 1. The average Bonchev–Trinajstić information content (AvgIpc) is 2.53. The number of allylic oxidation sites excluding steroid dienone is 1. The second kappa shape index (κ2) is 6.53. The molecule has 3 heteroatoms. The highest BCUT2D eigenvalue weighted by molar-refractivity contribution is 6.00. The summed E-state index contributed by atoms with van der Waals surface area (Å²) in [5.74, 6) is -1.18. The molecule has 2 rings (SSSR count). The largest absolute Gasteiger partial charge is 0.477 e. The van der Waals surface area contributed by atoms with Crippen molar-refractivity contribution in [2.24, 2.45) is 0 Å². The van der Waals surface area contributed by atoms with Gasteiger partial charge in [0.2, 0.25) is 0 Å². The summed E-state index contributed by atoms with van der Waals surface area (Å²) >= 11 is 0. The van der Waals surface area contributed by atoms with Gasteiger partial charge in [0, 0.05) is 0 Å². The minimum absolute atomic E-state index is 0.192. The molecule has 2 aromatic rings. The van der Waals surface area contributed by atoms with Crippen molar-refractivity contribution in [2.75, 3.05) is 0 Å². The molecule has 21 heavy (non-hydrogen) atoms. The number of nitriles is 1. The molecule has 3 nitrogen and oxygen atoms in total. The van der Waals surface area contributed by atoms with Crippen LogP contribution in [0.1, 0.15) is 18.9 Å². The van der Waals surface area contributed by atoms with Crippen molar-refractivity contribution in [1.29, 1.82) is 5.26 Å². The molecule has 0 aliphatic rings. The zero-order valence-electron chi connectivity index (χ0n) is 11.7. The number of carboxylic acids is 1. The lowest BCUT2D eigenvalue weighted by Gasteiger charge is -2.09. The van der Waals surface area contributed by atoms with Gasteiger partial charge in [-0.3, -0.25) is 0 Å².